The van der Waals surface area contributed by atoms with Crippen molar-refractivity contribution in [2.45, 2.75) is 6.92 Å². The molecule has 1 aromatic heterocycles. The summed E-state index contributed by atoms with van der Waals surface area (Å²) >= 11 is 5.89. The number of nitro benzene ring substituents is 1. The highest BCUT2D eigenvalue weighted by atomic mass is 35.5. The average molecular weight is 239 g/mol. The first kappa shape index (κ1) is 10.6. The molecule has 2 rings (SSSR count). The lowest BCUT2D eigenvalue weighted by Gasteiger charge is -2.04. The first-order valence-electron chi connectivity index (χ1n) is 4.43. The summed E-state index contributed by atoms with van der Waals surface area (Å²) in [5, 5.41) is 21.0. The molecule has 16 heavy (non-hydrogen) atoms. The van der Waals surface area contributed by atoms with Crippen LogP contribution in [0.5, 0.6) is 5.75 Å². The zero-order valence-electron chi connectivity index (χ0n) is 8.27. The fourth-order valence-electron chi connectivity index (χ4n) is 1.47. The van der Waals surface area contributed by atoms with E-state index in [4.69, 9.17) is 11.6 Å². The summed E-state index contributed by atoms with van der Waals surface area (Å²) in [5.41, 5.74) is 0.571. The monoisotopic (exact) mass is 238 g/mol. The lowest BCUT2D eigenvalue weighted by Crippen LogP contribution is -1.91. The van der Waals surface area contributed by atoms with Gasteiger partial charge in [-0.15, -0.1) is 0 Å². The molecule has 0 aliphatic carbocycles. The Labute approximate surface area is 95.4 Å². The number of nitrogens with zero attached hydrogens (tertiary/aromatic N) is 2. The van der Waals surface area contributed by atoms with E-state index >= 15 is 0 Å². The Morgan fingerprint density at radius 1 is 1.50 bits per heavy atom. The Bertz CT molecular complexity index is 598. The summed E-state index contributed by atoms with van der Waals surface area (Å²) in [6, 6.07) is 2.84. The van der Waals surface area contributed by atoms with Gasteiger partial charge < -0.3 is 5.11 Å². The molecule has 0 aliphatic heterocycles. The second kappa shape index (κ2) is 3.61. The molecular weight excluding hydrogens is 232 g/mol. The molecule has 1 N–H and O–H groups in total. The molecule has 0 bridgehead atoms. The topological polar surface area (TPSA) is 76.3 Å². The molecule has 0 unspecified atom stereocenters. The van der Waals surface area contributed by atoms with Gasteiger partial charge in [-0.05, 0) is 18.6 Å². The number of phenolic OH excluding ortho intramolecular Hbond substituents is 1. The lowest BCUT2D eigenvalue weighted by atomic mass is 10.1. The molecule has 5 nitrogen and oxygen atoms in total. The molecule has 6 heteroatoms. The molecule has 0 saturated heterocycles. The average Bonchev–Trinajstić information content (AvgIpc) is 2.22. The van der Waals surface area contributed by atoms with Crippen molar-refractivity contribution in [3.8, 4) is 5.75 Å². The van der Waals surface area contributed by atoms with Gasteiger partial charge in [0.1, 0.15) is 5.52 Å². The summed E-state index contributed by atoms with van der Waals surface area (Å²) in [4.78, 5) is 13.9. The lowest BCUT2D eigenvalue weighted by molar-refractivity contribution is -0.385. The molecule has 1 aromatic carbocycles. The number of hydrogen-bond acceptors (Lipinski definition) is 4. The molecule has 0 radical (unpaired) electrons. The molecule has 0 saturated carbocycles. The van der Waals surface area contributed by atoms with E-state index in [0.717, 1.165) is 11.6 Å². The van der Waals surface area contributed by atoms with E-state index in [1.54, 1.807) is 6.07 Å². The Balaban J connectivity index is 2.90. The minimum Gasteiger partial charge on any atom is -0.501 e. The maximum atomic E-state index is 10.6. The van der Waals surface area contributed by atoms with Crippen LogP contribution >= 0.6 is 11.6 Å². The number of hydrogen-bond donors (Lipinski definition) is 1. The van der Waals surface area contributed by atoms with E-state index in [1.165, 1.54) is 6.20 Å². The highest BCUT2D eigenvalue weighted by Gasteiger charge is 2.19. The van der Waals surface area contributed by atoms with E-state index in [1.807, 2.05) is 6.92 Å². The number of rotatable bonds is 1. The van der Waals surface area contributed by atoms with Crippen molar-refractivity contribution >= 4 is 28.2 Å². The van der Waals surface area contributed by atoms with Crippen LogP contribution in [-0.4, -0.2) is 15.0 Å². The summed E-state index contributed by atoms with van der Waals surface area (Å²) < 4.78 is 0. The third kappa shape index (κ3) is 1.55. The van der Waals surface area contributed by atoms with Crippen molar-refractivity contribution in [3.63, 3.8) is 0 Å². The smallest absolute Gasteiger partial charge is 0.314 e. The van der Waals surface area contributed by atoms with E-state index in [9.17, 15) is 15.2 Å². The first-order chi connectivity index (χ1) is 7.50. The van der Waals surface area contributed by atoms with Crippen LogP contribution in [0.25, 0.3) is 10.9 Å². The largest absolute Gasteiger partial charge is 0.501 e. The number of benzene rings is 1. The van der Waals surface area contributed by atoms with Gasteiger partial charge in [0, 0.05) is 17.6 Å². The maximum absolute atomic E-state index is 10.6. The van der Waals surface area contributed by atoms with Crippen molar-refractivity contribution in [3.05, 3.63) is 39.0 Å². The molecule has 2 aromatic rings. The van der Waals surface area contributed by atoms with Crippen molar-refractivity contribution < 1.29 is 10.0 Å². The normalized spacial score (nSPS) is 10.6. The highest BCUT2D eigenvalue weighted by molar-refractivity contribution is 6.36. The van der Waals surface area contributed by atoms with Crippen LogP contribution in [-0.2, 0) is 0 Å². The summed E-state index contributed by atoms with van der Waals surface area (Å²) in [6.45, 7) is 1.82. The van der Waals surface area contributed by atoms with Crippen molar-refractivity contribution in [1.82, 2.24) is 4.98 Å². The third-order valence-corrected chi connectivity index (χ3v) is 2.52. The Morgan fingerprint density at radius 2 is 2.19 bits per heavy atom. The quantitative estimate of drug-likeness (QED) is 0.612. The van der Waals surface area contributed by atoms with Crippen LogP contribution in [0.2, 0.25) is 5.02 Å². The van der Waals surface area contributed by atoms with Crippen molar-refractivity contribution in [2.24, 2.45) is 0 Å². The van der Waals surface area contributed by atoms with Crippen LogP contribution in [0, 0.1) is 17.0 Å². The molecule has 82 valence electrons. The minimum absolute atomic E-state index is 0.143. The maximum Gasteiger partial charge on any atom is 0.314 e. The minimum atomic E-state index is -0.692. The molecular formula is C10H7ClN2O3. The van der Waals surface area contributed by atoms with Gasteiger partial charge in [0.25, 0.3) is 0 Å². The Morgan fingerprint density at radius 3 is 2.81 bits per heavy atom. The number of pyridine rings is 1. The third-order valence-electron chi connectivity index (χ3n) is 2.21. The number of aromatic nitrogens is 1. The molecule has 0 fully saturated rings. The number of fused-ring (bicyclic) bond motifs is 1. The fraction of sp³-hybridized carbons (Fsp3) is 0.100. The number of halogens is 1. The number of phenols is 1. The van der Waals surface area contributed by atoms with Crippen LogP contribution in [0.3, 0.4) is 0 Å². The van der Waals surface area contributed by atoms with Gasteiger partial charge in [-0.3, -0.25) is 15.1 Å². The zero-order valence-corrected chi connectivity index (χ0v) is 9.02. The summed E-state index contributed by atoms with van der Waals surface area (Å²) in [6.07, 6.45) is 1.52. The van der Waals surface area contributed by atoms with Gasteiger partial charge >= 0.3 is 5.69 Å². The predicted molar refractivity (Wildman–Crippen MR) is 59.8 cm³/mol. The van der Waals surface area contributed by atoms with Crippen molar-refractivity contribution in [2.75, 3.05) is 0 Å². The van der Waals surface area contributed by atoms with Gasteiger partial charge in [0.15, 0.2) is 0 Å². The van der Waals surface area contributed by atoms with E-state index < -0.39 is 16.4 Å². The summed E-state index contributed by atoms with van der Waals surface area (Å²) in [5.74, 6) is -0.454. The van der Waals surface area contributed by atoms with Crippen molar-refractivity contribution in [1.29, 1.82) is 0 Å². The van der Waals surface area contributed by atoms with Crippen LogP contribution in [0.15, 0.2) is 18.3 Å². The van der Waals surface area contributed by atoms with Gasteiger partial charge in [0.2, 0.25) is 5.75 Å². The van der Waals surface area contributed by atoms with Crippen LogP contribution in [0.4, 0.5) is 5.69 Å². The zero-order chi connectivity index (χ0) is 11.9. The van der Waals surface area contributed by atoms with Gasteiger partial charge in [-0.25, -0.2) is 0 Å². The predicted octanol–water partition coefficient (Wildman–Crippen LogP) is 2.81. The van der Waals surface area contributed by atoms with E-state index in [-0.39, 0.29) is 10.5 Å². The highest BCUT2D eigenvalue weighted by Crippen LogP contribution is 2.37. The van der Waals surface area contributed by atoms with Gasteiger partial charge in [0.05, 0.1) is 9.95 Å². The first-order valence-corrected chi connectivity index (χ1v) is 4.80. The standard InChI is InChI=1S/C10H7ClN2O3/c1-5-2-6-7(11)3-8(13(15)16)10(14)9(6)12-4-5/h2-4,14H,1H3. The van der Waals surface area contributed by atoms with Crippen LogP contribution in [0.1, 0.15) is 5.56 Å². The SMILES string of the molecule is Cc1cnc2c(O)c([N+](=O)[O-])cc(Cl)c2c1. The summed E-state index contributed by atoms with van der Waals surface area (Å²) in [7, 11) is 0. The second-order valence-electron chi connectivity index (χ2n) is 3.39. The second-order valence-corrected chi connectivity index (χ2v) is 3.80. The number of nitro groups is 1. The van der Waals surface area contributed by atoms with E-state index in [2.05, 4.69) is 4.98 Å². The Kier molecular flexibility index (Phi) is 2.40. The van der Waals surface area contributed by atoms with E-state index in [0.29, 0.717) is 5.39 Å². The Hall–Kier alpha value is -1.88. The van der Waals surface area contributed by atoms with Gasteiger partial charge in [-0.2, -0.15) is 0 Å². The number of aryl methyl sites for hydroxylation is 1. The van der Waals surface area contributed by atoms with Crippen LogP contribution < -0.4 is 0 Å². The molecule has 0 atom stereocenters. The fourth-order valence-corrected chi connectivity index (χ4v) is 1.71. The molecule has 0 aliphatic rings. The van der Waals surface area contributed by atoms with Gasteiger partial charge in [-0.1, -0.05) is 11.6 Å². The molecule has 0 amide bonds. The molecule has 0 spiro atoms. The molecule has 1 heterocycles. The number of aromatic hydroxyl groups is 1.